The first-order chi connectivity index (χ1) is 11.1. The fourth-order valence-corrected chi connectivity index (χ4v) is 3.24. The molecule has 23 heavy (non-hydrogen) atoms. The Hall–Kier alpha value is -2.15. The minimum Gasteiger partial charge on any atom is -0.478 e. The highest BCUT2D eigenvalue weighted by Crippen LogP contribution is 2.25. The second-order valence-corrected chi connectivity index (χ2v) is 6.37. The van der Waals surface area contributed by atoms with E-state index in [0.29, 0.717) is 18.7 Å². The average molecular weight is 378 g/mol. The second kappa shape index (κ2) is 6.54. The molecule has 0 spiro atoms. The maximum absolute atomic E-state index is 12.6. The van der Waals surface area contributed by atoms with Crippen molar-refractivity contribution in [3.8, 4) is 0 Å². The lowest BCUT2D eigenvalue weighted by Crippen LogP contribution is -2.39. The van der Waals surface area contributed by atoms with E-state index in [9.17, 15) is 9.59 Å². The van der Waals surface area contributed by atoms with Crippen molar-refractivity contribution in [2.75, 3.05) is 13.1 Å². The summed E-state index contributed by atoms with van der Waals surface area (Å²) in [6, 6.07) is 7.53. The number of amides is 1. The van der Waals surface area contributed by atoms with Crippen LogP contribution in [0.15, 0.2) is 41.1 Å². The molecule has 1 fully saturated rings. The van der Waals surface area contributed by atoms with Crippen molar-refractivity contribution >= 4 is 27.8 Å². The van der Waals surface area contributed by atoms with E-state index in [2.05, 4.69) is 21.0 Å². The van der Waals surface area contributed by atoms with Crippen molar-refractivity contribution in [1.29, 1.82) is 0 Å². The van der Waals surface area contributed by atoms with Crippen molar-refractivity contribution in [1.82, 2.24) is 14.7 Å². The number of nitrogens with zero attached hydrogens (tertiary/aromatic N) is 3. The number of carbonyl (C=O) groups is 2. The van der Waals surface area contributed by atoms with Gasteiger partial charge in [-0.2, -0.15) is 5.10 Å². The van der Waals surface area contributed by atoms with E-state index in [4.69, 9.17) is 5.11 Å². The smallest absolute Gasteiger partial charge is 0.338 e. The van der Waals surface area contributed by atoms with Crippen molar-refractivity contribution < 1.29 is 14.7 Å². The minimum atomic E-state index is -0.974. The van der Waals surface area contributed by atoms with Crippen LogP contribution in [-0.2, 0) is 0 Å². The third-order valence-corrected chi connectivity index (χ3v) is 4.77. The van der Waals surface area contributed by atoms with E-state index >= 15 is 0 Å². The largest absolute Gasteiger partial charge is 0.478 e. The number of aromatic nitrogens is 2. The summed E-state index contributed by atoms with van der Waals surface area (Å²) in [5.74, 6) is -0.958. The standard InChI is InChI=1S/C16H16BrN3O3/c17-14-4-2-1-3-13(14)15(21)19-7-5-12(6-8-19)20-10-11(9-18-20)16(22)23/h1-4,9-10,12H,5-8H2,(H,22,23). The van der Waals surface area contributed by atoms with Gasteiger partial charge in [0.15, 0.2) is 0 Å². The Labute approximate surface area is 141 Å². The molecule has 1 N–H and O–H groups in total. The molecule has 3 rings (SSSR count). The molecule has 2 aromatic rings. The molecule has 1 saturated heterocycles. The van der Waals surface area contributed by atoms with Crippen LogP contribution in [0, 0.1) is 0 Å². The number of piperidine rings is 1. The molecular formula is C16H16BrN3O3. The summed E-state index contributed by atoms with van der Waals surface area (Å²) in [5, 5.41) is 13.1. The molecule has 0 aliphatic carbocycles. The summed E-state index contributed by atoms with van der Waals surface area (Å²) in [5.41, 5.74) is 0.856. The Morgan fingerprint density at radius 3 is 2.52 bits per heavy atom. The van der Waals surface area contributed by atoms with E-state index in [0.717, 1.165) is 17.3 Å². The molecule has 1 aromatic carbocycles. The van der Waals surface area contributed by atoms with Gasteiger partial charge in [-0.15, -0.1) is 0 Å². The highest BCUT2D eigenvalue weighted by molar-refractivity contribution is 9.10. The van der Waals surface area contributed by atoms with Crippen LogP contribution in [-0.4, -0.2) is 44.8 Å². The lowest BCUT2D eigenvalue weighted by molar-refractivity contribution is 0.0687. The summed E-state index contributed by atoms with van der Waals surface area (Å²) >= 11 is 3.41. The van der Waals surface area contributed by atoms with Gasteiger partial charge < -0.3 is 10.0 Å². The molecule has 1 amide bonds. The number of halogens is 1. The van der Waals surface area contributed by atoms with Crippen LogP contribution in [0.2, 0.25) is 0 Å². The molecule has 0 saturated carbocycles. The predicted octanol–water partition coefficient (Wildman–Crippen LogP) is 2.82. The molecule has 2 heterocycles. The highest BCUT2D eigenvalue weighted by atomic mass is 79.9. The molecule has 0 unspecified atom stereocenters. The average Bonchev–Trinajstić information content (AvgIpc) is 3.05. The van der Waals surface area contributed by atoms with Gasteiger partial charge in [-0.25, -0.2) is 4.79 Å². The normalized spacial score (nSPS) is 15.6. The van der Waals surface area contributed by atoms with Crippen molar-refractivity contribution in [2.45, 2.75) is 18.9 Å². The van der Waals surface area contributed by atoms with E-state index < -0.39 is 5.97 Å². The number of hydrogen-bond donors (Lipinski definition) is 1. The van der Waals surface area contributed by atoms with Gasteiger partial charge in [-0.3, -0.25) is 9.48 Å². The van der Waals surface area contributed by atoms with Gasteiger partial charge in [0.2, 0.25) is 0 Å². The van der Waals surface area contributed by atoms with Crippen LogP contribution < -0.4 is 0 Å². The zero-order valence-corrected chi connectivity index (χ0v) is 13.9. The fraction of sp³-hybridized carbons (Fsp3) is 0.312. The molecule has 1 aliphatic rings. The first-order valence-corrected chi connectivity index (χ1v) is 8.17. The zero-order chi connectivity index (χ0) is 16.4. The van der Waals surface area contributed by atoms with Crippen molar-refractivity contribution in [2.24, 2.45) is 0 Å². The number of carboxylic acids is 1. The van der Waals surface area contributed by atoms with Crippen LogP contribution in [0.1, 0.15) is 39.6 Å². The van der Waals surface area contributed by atoms with Crippen molar-refractivity contribution in [3.05, 3.63) is 52.3 Å². The lowest BCUT2D eigenvalue weighted by atomic mass is 10.0. The maximum Gasteiger partial charge on any atom is 0.338 e. The van der Waals surface area contributed by atoms with E-state index in [1.54, 1.807) is 10.9 Å². The summed E-state index contributed by atoms with van der Waals surface area (Å²) < 4.78 is 2.49. The second-order valence-electron chi connectivity index (χ2n) is 5.52. The third-order valence-electron chi connectivity index (χ3n) is 4.08. The highest BCUT2D eigenvalue weighted by Gasteiger charge is 2.26. The predicted molar refractivity (Wildman–Crippen MR) is 87.5 cm³/mol. The number of likely N-dealkylation sites (tertiary alicyclic amines) is 1. The zero-order valence-electron chi connectivity index (χ0n) is 12.4. The van der Waals surface area contributed by atoms with Crippen LogP contribution >= 0.6 is 15.9 Å². The number of carbonyl (C=O) groups excluding carboxylic acids is 1. The molecule has 1 aliphatic heterocycles. The van der Waals surface area contributed by atoms with Crippen LogP contribution in [0.5, 0.6) is 0 Å². The molecule has 0 atom stereocenters. The molecular weight excluding hydrogens is 362 g/mol. The first-order valence-electron chi connectivity index (χ1n) is 7.37. The Balaban J connectivity index is 1.65. The number of rotatable bonds is 3. The van der Waals surface area contributed by atoms with Gasteiger partial charge in [-0.1, -0.05) is 12.1 Å². The van der Waals surface area contributed by atoms with E-state index in [1.807, 2.05) is 29.2 Å². The van der Waals surface area contributed by atoms with Gasteiger partial charge in [0.05, 0.1) is 23.4 Å². The first kappa shape index (κ1) is 15.7. The third kappa shape index (κ3) is 3.29. The van der Waals surface area contributed by atoms with Gasteiger partial charge in [0.1, 0.15) is 0 Å². The van der Waals surface area contributed by atoms with Gasteiger partial charge in [0, 0.05) is 23.8 Å². The Kier molecular flexibility index (Phi) is 4.47. The SMILES string of the molecule is O=C(O)c1cnn(C2CCN(C(=O)c3ccccc3Br)CC2)c1. The minimum absolute atomic E-state index is 0.0163. The molecule has 6 nitrogen and oxygen atoms in total. The summed E-state index contributed by atoms with van der Waals surface area (Å²) in [6.45, 7) is 1.26. The number of aromatic carboxylic acids is 1. The van der Waals surface area contributed by atoms with Crippen molar-refractivity contribution in [3.63, 3.8) is 0 Å². The number of hydrogen-bond acceptors (Lipinski definition) is 3. The molecule has 0 radical (unpaired) electrons. The molecule has 0 bridgehead atoms. The topological polar surface area (TPSA) is 75.4 Å². The van der Waals surface area contributed by atoms with E-state index in [-0.39, 0.29) is 17.5 Å². The Bertz CT molecular complexity index is 736. The van der Waals surface area contributed by atoms with Gasteiger partial charge in [0.25, 0.3) is 5.91 Å². The fourth-order valence-electron chi connectivity index (χ4n) is 2.79. The number of benzene rings is 1. The summed E-state index contributed by atoms with van der Waals surface area (Å²) in [6.07, 6.45) is 4.44. The number of carboxylic acid groups (broad SMARTS) is 1. The molecule has 7 heteroatoms. The summed E-state index contributed by atoms with van der Waals surface area (Å²) in [7, 11) is 0. The molecule has 1 aromatic heterocycles. The van der Waals surface area contributed by atoms with Crippen LogP contribution in [0.4, 0.5) is 0 Å². The lowest BCUT2D eigenvalue weighted by Gasteiger charge is -2.32. The van der Waals surface area contributed by atoms with Gasteiger partial charge in [-0.05, 0) is 40.9 Å². The quantitative estimate of drug-likeness (QED) is 0.891. The van der Waals surface area contributed by atoms with Crippen LogP contribution in [0.3, 0.4) is 0 Å². The Morgan fingerprint density at radius 2 is 1.91 bits per heavy atom. The van der Waals surface area contributed by atoms with E-state index in [1.165, 1.54) is 6.20 Å². The van der Waals surface area contributed by atoms with Gasteiger partial charge >= 0.3 is 5.97 Å². The monoisotopic (exact) mass is 377 g/mol. The van der Waals surface area contributed by atoms with Crippen LogP contribution in [0.25, 0.3) is 0 Å². The molecule has 120 valence electrons. The Morgan fingerprint density at radius 1 is 1.22 bits per heavy atom. The maximum atomic E-state index is 12.6. The summed E-state index contributed by atoms with van der Waals surface area (Å²) in [4.78, 5) is 25.3.